The molecule has 1 heterocycles. The van der Waals surface area contributed by atoms with Gasteiger partial charge in [0.2, 0.25) is 0 Å². The number of rotatable bonds is 13. The lowest BCUT2D eigenvalue weighted by Crippen LogP contribution is -2.32. The minimum Gasteiger partial charge on any atom is -0.492 e. The Bertz CT molecular complexity index is 1030. The molecule has 180 valence electrons. The van der Waals surface area contributed by atoms with Crippen LogP contribution >= 0.6 is 11.8 Å². The summed E-state index contributed by atoms with van der Waals surface area (Å²) in [6, 6.07) is 7.24. The number of aliphatic carboxylic acids is 1. The Balaban J connectivity index is 2.16. The van der Waals surface area contributed by atoms with Gasteiger partial charge in [-0.15, -0.1) is 11.8 Å². The molecule has 0 radical (unpaired) electrons. The fraction of sp³-hybridized carbons (Fsp3) is 0.500. The van der Waals surface area contributed by atoms with Gasteiger partial charge in [-0.1, -0.05) is 20.3 Å². The second-order valence-corrected chi connectivity index (χ2v) is 9.75. The number of aromatic nitrogens is 2. The molecule has 2 aromatic rings. The van der Waals surface area contributed by atoms with Gasteiger partial charge >= 0.3 is 5.97 Å². The third-order valence-electron chi connectivity index (χ3n) is 5.00. The van der Waals surface area contributed by atoms with E-state index in [4.69, 9.17) is 10.1 Å². The van der Waals surface area contributed by atoms with Crippen LogP contribution in [0.2, 0.25) is 0 Å². The fourth-order valence-corrected chi connectivity index (χ4v) is 4.17. The van der Waals surface area contributed by atoms with E-state index in [1.807, 2.05) is 32.9 Å². The van der Waals surface area contributed by atoms with Crippen LogP contribution in [0.4, 0.5) is 5.69 Å². The maximum atomic E-state index is 13.2. The Kier molecular flexibility index (Phi) is 9.52. The van der Waals surface area contributed by atoms with E-state index in [2.05, 4.69) is 10.3 Å². The van der Waals surface area contributed by atoms with Crippen molar-refractivity contribution in [1.82, 2.24) is 9.55 Å². The Labute approximate surface area is 199 Å². The average Bonchev–Trinajstić information content (AvgIpc) is 2.77. The number of nitrogens with one attached hydrogen (secondary N) is 2. The molecule has 0 saturated carbocycles. The average molecular weight is 475 g/mol. The number of aryl methyl sites for hydroxylation is 1. The van der Waals surface area contributed by atoms with Gasteiger partial charge < -0.3 is 20.6 Å². The largest absolute Gasteiger partial charge is 0.492 e. The summed E-state index contributed by atoms with van der Waals surface area (Å²) >= 11 is 1.27. The van der Waals surface area contributed by atoms with Crippen molar-refractivity contribution in [3.05, 3.63) is 46.1 Å². The van der Waals surface area contributed by atoms with Crippen LogP contribution in [-0.2, 0) is 17.8 Å². The topological polar surface area (TPSA) is 117 Å². The van der Waals surface area contributed by atoms with Crippen LogP contribution in [0.25, 0.3) is 0 Å². The molecule has 3 N–H and O–H groups in total. The number of carboxylic acids is 1. The maximum absolute atomic E-state index is 13.2. The molecule has 0 amide bonds. The predicted molar refractivity (Wildman–Crippen MR) is 133 cm³/mol. The zero-order chi connectivity index (χ0) is 24.6. The highest BCUT2D eigenvalue weighted by atomic mass is 32.2. The van der Waals surface area contributed by atoms with Crippen LogP contribution in [-0.4, -0.2) is 44.2 Å². The van der Waals surface area contributed by atoms with Gasteiger partial charge in [0.05, 0.1) is 12.3 Å². The lowest BCUT2D eigenvalue weighted by Gasteiger charge is -2.19. The summed E-state index contributed by atoms with van der Waals surface area (Å²) in [5.41, 5.74) is 0.990. The van der Waals surface area contributed by atoms with Crippen molar-refractivity contribution in [2.24, 2.45) is 0 Å². The lowest BCUT2D eigenvalue weighted by molar-refractivity contribution is -0.138. The number of carbonyl (C=O) groups is 1. The standard InChI is InChI=1S/C24H34N4O4S/c1-6-9-18(25)20-21(26-8-3)22(29)28(19(7-2)27-20)14-15-32-16-10-12-17(13-11-16)33-24(4,5)23(30)31/h10-13,25-26H,6-9,14-15H2,1-5H3,(H,30,31). The molecule has 0 aliphatic carbocycles. The first kappa shape index (κ1) is 26.4. The molecule has 0 spiro atoms. The summed E-state index contributed by atoms with van der Waals surface area (Å²) in [6.45, 7) is 10.3. The summed E-state index contributed by atoms with van der Waals surface area (Å²) in [5.74, 6) is 0.398. The molecule has 0 atom stereocenters. The molecule has 0 bridgehead atoms. The van der Waals surface area contributed by atoms with Crippen molar-refractivity contribution >= 4 is 29.1 Å². The van der Waals surface area contributed by atoms with Gasteiger partial charge in [0, 0.05) is 17.9 Å². The van der Waals surface area contributed by atoms with Crippen LogP contribution in [0.3, 0.4) is 0 Å². The van der Waals surface area contributed by atoms with Gasteiger partial charge in [0.15, 0.2) is 0 Å². The Morgan fingerprint density at radius 1 is 1.24 bits per heavy atom. The number of ether oxygens (including phenoxy) is 1. The summed E-state index contributed by atoms with van der Waals surface area (Å²) in [4.78, 5) is 30.0. The predicted octanol–water partition coefficient (Wildman–Crippen LogP) is 4.44. The molecule has 1 aromatic carbocycles. The van der Waals surface area contributed by atoms with Crippen molar-refractivity contribution in [3.8, 4) is 5.75 Å². The van der Waals surface area contributed by atoms with Crippen LogP contribution in [0.5, 0.6) is 5.75 Å². The second-order valence-electron chi connectivity index (χ2n) is 8.06. The van der Waals surface area contributed by atoms with Gasteiger partial charge in [-0.25, -0.2) is 4.98 Å². The van der Waals surface area contributed by atoms with E-state index >= 15 is 0 Å². The summed E-state index contributed by atoms with van der Waals surface area (Å²) in [6.07, 6.45) is 1.95. The first-order valence-corrected chi connectivity index (χ1v) is 12.1. The second kappa shape index (κ2) is 11.9. The van der Waals surface area contributed by atoms with Crippen molar-refractivity contribution in [2.45, 2.75) is 70.1 Å². The third kappa shape index (κ3) is 6.83. The monoisotopic (exact) mass is 474 g/mol. The van der Waals surface area contributed by atoms with Gasteiger partial charge in [0.1, 0.15) is 34.3 Å². The van der Waals surface area contributed by atoms with E-state index in [-0.39, 0.29) is 12.2 Å². The van der Waals surface area contributed by atoms with Crippen LogP contribution in [0.1, 0.15) is 59.0 Å². The van der Waals surface area contributed by atoms with E-state index in [1.165, 1.54) is 11.8 Å². The van der Waals surface area contributed by atoms with E-state index in [1.54, 1.807) is 30.5 Å². The number of anilines is 1. The van der Waals surface area contributed by atoms with Crippen molar-refractivity contribution in [1.29, 1.82) is 5.41 Å². The van der Waals surface area contributed by atoms with E-state index in [0.29, 0.717) is 54.6 Å². The lowest BCUT2D eigenvalue weighted by atomic mass is 10.1. The fourth-order valence-electron chi connectivity index (χ4n) is 3.22. The SMILES string of the molecule is CCCC(=N)c1nc(CC)n(CCOc2ccc(SC(C)(C)C(=O)O)cc2)c(=O)c1NCC. The Morgan fingerprint density at radius 2 is 1.91 bits per heavy atom. The maximum Gasteiger partial charge on any atom is 0.319 e. The molecule has 9 heteroatoms. The molecule has 0 aliphatic heterocycles. The molecule has 2 rings (SSSR count). The number of carboxylic acid groups (broad SMARTS) is 1. The molecule has 1 aromatic heterocycles. The number of nitrogens with zero attached hydrogens (tertiary/aromatic N) is 2. The smallest absolute Gasteiger partial charge is 0.319 e. The zero-order valence-electron chi connectivity index (χ0n) is 20.0. The third-order valence-corrected chi connectivity index (χ3v) is 6.19. The van der Waals surface area contributed by atoms with Gasteiger partial charge in [0.25, 0.3) is 5.56 Å². The van der Waals surface area contributed by atoms with Gasteiger partial charge in [-0.3, -0.25) is 14.2 Å². The van der Waals surface area contributed by atoms with E-state index in [9.17, 15) is 14.7 Å². The Morgan fingerprint density at radius 3 is 2.45 bits per heavy atom. The van der Waals surface area contributed by atoms with E-state index in [0.717, 1.165) is 11.3 Å². The van der Waals surface area contributed by atoms with Crippen LogP contribution in [0.15, 0.2) is 34.0 Å². The summed E-state index contributed by atoms with van der Waals surface area (Å²) in [7, 11) is 0. The minimum atomic E-state index is -0.920. The van der Waals surface area contributed by atoms with Crippen molar-refractivity contribution < 1.29 is 14.6 Å². The zero-order valence-corrected chi connectivity index (χ0v) is 20.8. The molecular formula is C24H34N4O4S. The van der Waals surface area contributed by atoms with Gasteiger partial charge in [-0.05, 0) is 51.5 Å². The molecule has 0 saturated heterocycles. The first-order valence-electron chi connectivity index (χ1n) is 11.2. The Hall–Kier alpha value is -2.81. The number of hydrogen-bond donors (Lipinski definition) is 3. The quantitative estimate of drug-likeness (QED) is 0.290. The minimum absolute atomic E-state index is 0.189. The highest BCUT2D eigenvalue weighted by Crippen LogP contribution is 2.33. The normalized spacial score (nSPS) is 11.3. The van der Waals surface area contributed by atoms with Gasteiger partial charge in [-0.2, -0.15) is 0 Å². The van der Waals surface area contributed by atoms with Crippen molar-refractivity contribution in [2.75, 3.05) is 18.5 Å². The highest BCUT2D eigenvalue weighted by Gasteiger charge is 2.28. The van der Waals surface area contributed by atoms with Crippen LogP contribution in [0, 0.1) is 5.41 Å². The highest BCUT2D eigenvalue weighted by molar-refractivity contribution is 8.01. The van der Waals surface area contributed by atoms with Crippen LogP contribution < -0.4 is 15.6 Å². The van der Waals surface area contributed by atoms with Crippen molar-refractivity contribution in [3.63, 3.8) is 0 Å². The summed E-state index contributed by atoms with van der Waals surface area (Å²) < 4.78 is 6.53. The number of hydrogen-bond acceptors (Lipinski definition) is 7. The molecule has 0 unspecified atom stereocenters. The molecular weight excluding hydrogens is 440 g/mol. The summed E-state index contributed by atoms with van der Waals surface area (Å²) in [5, 5.41) is 20.7. The molecule has 8 nitrogen and oxygen atoms in total. The number of thioether (sulfide) groups is 1. The first-order chi connectivity index (χ1) is 15.6. The number of benzene rings is 1. The van der Waals surface area contributed by atoms with E-state index < -0.39 is 10.7 Å². The molecule has 33 heavy (non-hydrogen) atoms. The molecule has 0 aliphatic rings. The molecule has 0 fully saturated rings.